The minimum Gasteiger partial charge on any atom is -0.492 e. The second kappa shape index (κ2) is 4.28. The van der Waals surface area contributed by atoms with Gasteiger partial charge in [-0.3, -0.25) is 0 Å². The van der Waals surface area contributed by atoms with E-state index in [1.165, 1.54) is 20.3 Å². The van der Waals surface area contributed by atoms with Gasteiger partial charge in [-0.25, -0.2) is 4.39 Å². The van der Waals surface area contributed by atoms with E-state index < -0.39 is 5.82 Å². The van der Waals surface area contributed by atoms with Crippen LogP contribution in [0.15, 0.2) is 6.07 Å². The van der Waals surface area contributed by atoms with Crippen LogP contribution in [0.5, 0.6) is 11.5 Å². The zero-order valence-electron chi connectivity index (χ0n) is 8.56. The number of methoxy groups -OCH3 is 2. The lowest BCUT2D eigenvalue weighted by Crippen LogP contribution is -2.04. The van der Waals surface area contributed by atoms with Crippen LogP contribution in [-0.2, 0) is 6.54 Å². The first kappa shape index (κ1) is 10.8. The highest BCUT2D eigenvalue weighted by Crippen LogP contribution is 2.35. The molecule has 0 amide bonds. The monoisotopic (exact) mass is 199 g/mol. The van der Waals surface area contributed by atoms with Crippen LogP contribution in [0.4, 0.5) is 4.39 Å². The van der Waals surface area contributed by atoms with Gasteiger partial charge in [0.15, 0.2) is 17.3 Å². The Hall–Kier alpha value is -1.29. The number of hydrogen-bond donors (Lipinski definition) is 1. The highest BCUT2D eigenvalue weighted by Gasteiger charge is 2.15. The first-order chi connectivity index (χ1) is 6.65. The summed E-state index contributed by atoms with van der Waals surface area (Å²) >= 11 is 0. The molecule has 0 spiro atoms. The van der Waals surface area contributed by atoms with Crippen LogP contribution in [0, 0.1) is 12.7 Å². The molecule has 4 heteroatoms. The van der Waals surface area contributed by atoms with E-state index >= 15 is 0 Å². The Balaban J connectivity index is 3.40. The van der Waals surface area contributed by atoms with Gasteiger partial charge in [0.05, 0.1) is 14.2 Å². The summed E-state index contributed by atoms with van der Waals surface area (Å²) in [6.07, 6.45) is 0. The molecule has 0 aliphatic carbocycles. The molecule has 0 aliphatic rings. The molecule has 0 bridgehead atoms. The molecule has 0 aromatic heterocycles. The van der Waals surface area contributed by atoms with E-state index in [0.717, 1.165) is 11.1 Å². The summed E-state index contributed by atoms with van der Waals surface area (Å²) in [6.45, 7) is 2.10. The molecule has 2 N–H and O–H groups in total. The number of rotatable bonds is 3. The van der Waals surface area contributed by atoms with Crippen molar-refractivity contribution in [3.05, 3.63) is 23.0 Å². The van der Waals surface area contributed by atoms with E-state index in [9.17, 15) is 4.39 Å². The van der Waals surface area contributed by atoms with Crippen molar-refractivity contribution in [1.29, 1.82) is 0 Å². The van der Waals surface area contributed by atoms with E-state index in [-0.39, 0.29) is 12.3 Å². The van der Waals surface area contributed by atoms with Gasteiger partial charge in [-0.05, 0) is 24.1 Å². The molecule has 78 valence electrons. The molecule has 0 unspecified atom stereocenters. The number of halogens is 1. The van der Waals surface area contributed by atoms with Gasteiger partial charge in [0.2, 0.25) is 0 Å². The fourth-order valence-electron chi connectivity index (χ4n) is 1.40. The van der Waals surface area contributed by atoms with E-state index in [4.69, 9.17) is 15.2 Å². The van der Waals surface area contributed by atoms with Crippen molar-refractivity contribution >= 4 is 0 Å². The first-order valence-electron chi connectivity index (χ1n) is 4.25. The summed E-state index contributed by atoms with van der Waals surface area (Å²) in [4.78, 5) is 0. The molecule has 1 aromatic carbocycles. The van der Waals surface area contributed by atoms with Crippen molar-refractivity contribution in [1.82, 2.24) is 0 Å². The third-order valence-electron chi connectivity index (χ3n) is 2.17. The van der Waals surface area contributed by atoms with Gasteiger partial charge in [-0.2, -0.15) is 0 Å². The molecule has 1 rings (SSSR count). The number of hydrogen-bond acceptors (Lipinski definition) is 3. The van der Waals surface area contributed by atoms with Gasteiger partial charge < -0.3 is 15.2 Å². The maximum Gasteiger partial charge on any atom is 0.197 e. The lowest BCUT2D eigenvalue weighted by molar-refractivity contribution is 0.335. The smallest absolute Gasteiger partial charge is 0.197 e. The molecule has 0 saturated heterocycles. The summed E-state index contributed by atoms with van der Waals surface area (Å²) in [7, 11) is 2.88. The third-order valence-corrected chi connectivity index (χ3v) is 2.17. The second-order valence-electron chi connectivity index (χ2n) is 2.91. The zero-order chi connectivity index (χ0) is 10.7. The van der Waals surface area contributed by atoms with Gasteiger partial charge in [0, 0.05) is 6.54 Å². The van der Waals surface area contributed by atoms with E-state index in [1.807, 2.05) is 6.92 Å². The van der Waals surface area contributed by atoms with Gasteiger partial charge in [0.1, 0.15) is 0 Å². The van der Waals surface area contributed by atoms with Crippen LogP contribution in [0.3, 0.4) is 0 Å². The molecule has 14 heavy (non-hydrogen) atoms. The minimum atomic E-state index is -0.449. The summed E-state index contributed by atoms with van der Waals surface area (Å²) in [5, 5.41) is 0. The fraction of sp³-hybridized carbons (Fsp3) is 0.400. The van der Waals surface area contributed by atoms with Crippen LogP contribution >= 0.6 is 0 Å². The Bertz CT molecular complexity index is 339. The predicted molar refractivity (Wildman–Crippen MR) is 52.1 cm³/mol. The minimum absolute atomic E-state index is 0.127. The lowest BCUT2D eigenvalue weighted by atomic mass is 10.1. The van der Waals surface area contributed by atoms with Crippen molar-refractivity contribution in [3.8, 4) is 11.5 Å². The maximum absolute atomic E-state index is 13.4. The lowest BCUT2D eigenvalue weighted by Gasteiger charge is -2.14. The molecular weight excluding hydrogens is 185 g/mol. The average molecular weight is 199 g/mol. The van der Waals surface area contributed by atoms with Crippen molar-refractivity contribution in [2.24, 2.45) is 5.73 Å². The molecule has 0 radical (unpaired) electrons. The first-order valence-corrected chi connectivity index (χ1v) is 4.25. The van der Waals surface area contributed by atoms with Crippen LogP contribution < -0.4 is 15.2 Å². The Morgan fingerprint density at radius 1 is 1.29 bits per heavy atom. The third kappa shape index (κ3) is 1.65. The number of benzene rings is 1. The molecule has 0 saturated carbocycles. The van der Waals surface area contributed by atoms with Gasteiger partial charge in [-0.15, -0.1) is 0 Å². The Labute approximate surface area is 82.6 Å². The summed E-state index contributed by atoms with van der Waals surface area (Å²) < 4.78 is 23.4. The topological polar surface area (TPSA) is 44.5 Å². The van der Waals surface area contributed by atoms with Gasteiger partial charge in [0.25, 0.3) is 0 Å². The molecule has 0 aliphatic heterocycles. The number of ether oxygens (including phenoxy) is 2. The quantitative estimate of drug-likeness (QED) is 0.804. The number of nitrogens with two attached hydrogens (primary N) is 1. The Kier molecular flexibility index (Phi) is 3.30. The van der Waals surface area contributed by atoms with Crippen LogP contribution in [0.2, 0.25) is 0 Å². The standard InChI is InChI=1S/C10H14FNO2/c1-6-7(5-12)4-8(11)10(14-3)9(6)13-2/h4H,5,12H2,1-3H3. The zero-order valence-corrected chi connectivity index (χ0v) is 8.56. The van der Waals surface area contributed by atoms with Crippen LogP contribution in [0.25, 0.3) is 0 Å². The largest absolute Gasteiger partial charge is 0.492 e. The Morgan fingerprint density at radius 3 is 2.29 bits per heavy atom. The predicted octanol–water partition coefficient (Wildman–Crippen LogP) is 1.61. The van der Waals surface area contributed by atoms with Crippen LogP contribution in [0.1, 0.15) is 11.1 Å². The van der Waals surface area contributed by atoms with Gasteiger partial charge >= 0.3 is 0 Å². The maximum atomic E-state index is 13.4. The molecule has 3 nitrogen and oxygen atoms in total. The molecule has 0 fully saturated rings. The summed E-state index contributed by atoms with van der Waals surface area (Å²) in [5.41, 5.74) is 7.01. The molecule has 0 heterocycles. The van der Waals surface area contributed by atoms with E-state index in [2.05, 4.69) is 0 Å². The highest BCUT2D eigenvalue weighted by atomic mass is 19.1. The molecule has 1 aromatic rings. The van der Waals surface area contributed by atoms with Crippen molar-refractivity contribution in [2.75, 3.05) is 14.2 Å². The van der Waals surface area contributed by atoms with Gasteiger partial charge in [-0.1, -0.05) is 0 Å². The van der Waals surface area contributed by atoms with Crippen molar-refractivity contribution in [2.45, 2.75) is 13.5 Å². The van der Waals surface area contributed by atoms with E-state index in [1.54, 1.807) is 0 Å². The highest BCUT2D eigenvalue weighted by molar-refractivity contribution is 5.51. The average Bonchev–Trinajstić information content (AvgIpc) is 2.20. The Morgan fingerprint density at radius 2 is 1.86 bits per heavy atom. The SMILES string of the molecule is COc1c(F)cc(CN)c(C)c1OC. The molecule has 0 atom stereocenters. The van der Waals surface area contributed by atoms with Crippen LogP contribution in [-0.4, -0.2) is 14.2 Å². The molecular formula is C10H14FNO2. The normalized spacial score (nSPS) is 10.1. The van der Waals surface area contributed by atoms with Crippen molar-refractivity contribution in [3.63, 3.8) is 0 Å². The summed E-state index contributed by atoms with van der Waals surface area (Å²) in [6, 6.07) is 1.37. The fourth-order valence-corrected chi connectivity index (χ4v) is 1.40. The summed E-state index contributed by atoms with van der Waals surface area (Å²) in [5.74, 6) is 0.0885. The van der Waals surface area contributed by atoms with Crippen molar-refractivity contribution < 1.29 is 13.9 Å². The second-order valence-corrected chi connectivity index (χ2v) is 2.91. The van der Waals surface area contributed by atoms with E-state index in [0.29, 0.717) is 5.75 Å².